The maximum absolute atomic E-state index is 10.0. The monoisotopic (exact) mass is 148 g/mol. The lowest BCUT2D eigenvalue weighted by Crippen LogP contribution is -2.05. The molecule has 0 aromatic rings. The van der Waals surface area contributed by atoms with Gasteiger partial charge in [0, 0.05) is 5.03 Å². The number of carbonyl (C=O) groups is 2. The van der Waals surface area contributed by atoms with Crippen LogP contribution in [0.3, 0.4) is 0 Å². The molecule has 0 rings (SSSR count). The number of ether oxygens (including phenoxy) is 1. The van der Waals surface area contributed by atoms with Crippen LogP contribution in [0.1, 0.15) is 0 Å². The van der Waals surface area contributed by atoms with Gasteiger partial charge in [0.05, 0.1) is 0 Å². The summed E-state index contributed by atoms with van der Waals surface area (Å²) in [5, 5.41) is 0.185. The van der Waals surface area contributed by atoms with Gasteiger partial charge in [0.2, 0.25) is 6.29 Å². The summed E-state index contributed by atoms with van der Waals surface area (Å²) in [7, 11) is 0. The molecule has 4 heteroatoms. The Morgan fingerprint density at radius 3 is 2.67 bits per heavy atom. The van der Waals surface area contributed by atoms with Gasteiger partial charge >= 0.3 is 5.97 Å². The molecule has 0 aromatic carbocycles. The average Bonchev–Trinajstić information content (AvgIpc) is 1.83. The van der Waals surface area contributed by atoms with Crippen LogP contribution in [-0.4, -0.2) is 18.9 Å². The first kappa shape index (κ1) is 8.17. The van der Waals surface area contributed by atoms with E-state index < -0.39 is 5.97 Å². The Balaban J connectivity index is 3.39. The van der Waals surface area contributed by atoms with Gasteiger partial charge in [0.25, 0.3) is 0 Å². The van der Waals surface area contributed by atoms with Crippen LogP contribution in [0.2, 0.25) is 0 Å². The van der Waals surface area contributed by atoms with E-state index in [-0.39, 0.29) is 17.9 Å². The first-order chi connectivity index (χ1) is 4.16. The fourth-order valence-corrected chi connectivity index (χ4v) is 0.238. The number of carbonyl (C=O) groups excluding carboxylic acids is 2. The third-order valence-corrected chi connectivity index (χ3v) is 0.576. The molecule has 0 aliphatic heterocycles. The minimum Gasteiger partial charge on any atom is -0.454 e. The molecule has 0 atom stereocenters. The lowest BCUT2D eigenvalue weighted by molar-refractivity contribution is -0.147. The summed E-state index contributed by atoms with van der Waals surface area (Å²) in [6.07, 6.45) is 0.0693. The summed E-state index contributed by atoms with van der Waals surface area (Å²) in [5.41, 5.74) is 0. The summed E-state index contributed by atoms with van der Waals surface area (Å²) in [6.45, 7) is 3.12. The summed E-state index contributed by atoms with van der Waals surface area (Å²) in [4.78, 5) is 19.6. The molecule has 0 spiro atoms. The maximum atomic E-state index is 10.0. The average molecular weight is 149 g/mol. The zero-order valence-corrected chi connectivity index (χ0v) is 5.35. The molecule has 0 aliphatic carbocycles. The highest BCUT2D eigenvalue weighted by Gasteiger charge is 1.97. The van der Waals surface area contributed by atoms with Gasteiger partial charge in [-0.3, -0.25) is 4.79 Å². The third kappa shape index (κ3) is 5.03. The van der Waals surface area contributed by atoms with Crippen LogP contribution in [0.4, 0.5) is 0 Å². The molecular formula is C5H5ClO3. The van der Waals surface area contributed by atoms with E-state index in [1.165, 1.54) is 0 Å². The van der Waals surface area contributed by atoms with Crippen LogP contribution in [0.25, 0.3) is 0 Å². The zero-order chi connectivity index (χ0) is 7.28. The molecule has 9 heavy (non-hydrogen) atoms. The van der Waals surface area contributed by atoms with Crippen molar-refractivity contribution in [2.24, 2.45) is 0 Å². The molecule has 0 aliphatic rings. The van der Waals surface area contributed by atoms with Crippen molar-refractivity contribution in [2.75, 3.05) is 6.61 Å². The molecule has 0 saturated carbocycles. The number of esters is 1. The van der Waals surface area contributed by atoms with E-state index in [0.29, 0.717) is 0 Å². The van der Waals surface area contributed by atoms with E-state index in [0.717, 1.165) is 0 Å². The molecule has 3 nitrogen and oxygen atoms in total. The van der Waals surface area contributed by atoms with Crippen molar-refractivity contribution < 1.29 is 14.3 Å². The third-order valence-electron chi connectivity index (χ3n) is 0.467. The van der Waals surface area contributed by atoms with Gasteiger partial charge in [-0.15, -0.1) is 0 Å². The molecule has 0 unspecified atom stereocenters. The Morgan fingerprint density at radius 2 is 2.33 bits per heavy atom. The SMILES string of the molecule is C=C(Cl)COC(=O)C=O. The van der Waals surface area contributed by atoms with Gasteiger partial charge in [-0.2, -0.15) is 0 Å². The molecule has 0 fully saturated rings. The summed E-state index contributed by atoms with van der Waals surface area (Å²) in [6, 6.07) is 0. The predicted molar refractivity (Wildman–Crippen MR) is 32.0 cm³/mol. The maximum Gasteiger partial charge on any atom is 0.371 e. The van der Waals surface area contributed by atoms with E-state index in [1.807, 2.05) is 0 Å². The zero-order valence-electron chi connectivity index (χ0n) is 4.59. The molecule has 0 aromatic heterocycles. The standard InChI is InChI=1S/C5H5ClO3/c1-4(6)3-9-5(8)2-7/h2H,1,3H2. The van der Waals surface area contributed by atoms with Crippen LogP contribution < -0.4 is 0 Å². The van der Waals surface area contributed by atoms with E-state index in [2.05, 4.69) is 11.3 Å². The summed E-state index contributed by atoms with van der Waals surface area (Å²) >= 11 is 5.19. The van der Waals surface area contributed by atoms with E-state index in [1.54, 1.807) is 0 Å². The first-order valence-corrected chi connectivity index (χ1v) is 2.50. The molecule has 0 bridgehead atoms. The van der Waals surface area contributed by atoms with Crippen molar-refractivity contribution >= 4 is 23.9 Å². The first-order valence-electron chi connectivity index (χ1n) is 2.12. The number of aldehydes is 1. The molecular weight excluding hydrogens is 144 g/mol. The predicted octanol–water partition coefficient (Wildman–Crippen LogP) is 0.481. The van der Waals surface area contributed by atoms with Gasteiger partial charge in [-0.05, 0) is 0 Å². The fraction of sp³-hybridized carbons (Fsp3) is 0.200. The number of rotatable bonds is 3. The Bertz CT molecular complexity index is 141. The second-order valence-electron chi connectivity index (χ2n) is 1.24. The normalized spacial score (nSPS) is 8.11. The van der Waals surface area contributed by atoms with Crippen molar-refractivity contribution in [1.82, 2.24) is 0 Å². The van der Waals surface area contributed by atoms with Crippen molar-refractivity contribution in [3.05, 3.63) is 11.6 Å². The highest BCUT2D eigenvalue weighted by atomic mass is 35.5. The van der Waals surface area contributed by atoms with E-state index in [9.17, 15) is 9.59 Å². The van der Waals surface area contributed by atoms with Crippen LogP contribution in [0, 0.1) is 0 Å². The lowest BCUT2D eigenvalue weighted by atomic mass is 10.7. The largest absolute Gasteiger partial charge is 0.454 e. The second-order valence-corrected chi connectivity index (χ2v) is 1.78. The summed E-state index contributed by atoms with van der Waals surface area (Å²) < 4.78 is 4.21. The lowest BCUT2D eigenvalue weighted by Gasteiger charge is -1.94. The van der Waals surface area contributed by atoms with Crippen LogP contribution in [0.15, 0.2) is 11.6 Å². The van der Waals surface area contributed by atoms with Crippen molar-refractivity contribution in [2.45, 2.75) is 0 Å². The van der Waals surface area contributed by atoms with Gasteiger partial charge in [0.1, 0.15) is 6.61 Å². The highest BCUT2D eigenvalue weighted by molar-refractivity contribution is 6.29. The molecule has 0 amide bonds. The molecule has 0 heterocycles. The molecule has 0 saturated heterocycles. The Kier molecular flexibility index (Phi) is 3.71. The quantitative estimate of drug-likeness (QED) is 0.332. The van der Waals surface area contributed by atoms with E-state index in [4.69, 9.17) is 11.6 Å². The second kappa shape index (κ2) is 4.09. The number of halogens is 1. The Labute approximate surface area is 57.2 Å². The minimum atomic E-state index is -0.934. The van der Waals surface area contributed by atoms with Crippen molar-refractivity contribution in [3.63, 3.8) is 0 Å². The summed E-state index contributed by atoms with van der Waals surface area (Å²) in [5.74, 6) is -0.934. The number of hydrogen-bond acceptors (Lipinski definition) is 3. The van der Waals surface area contributed by atoms with Gasteiger partial charge in [-0.1, -0.05) is 18.2 Å². The topological polar surface area (TPSA) is 43.4 Å². The highest BCUT2D eigenvalue weighted by Crippen LogP contribution is 1.95. The molecule has 0 N–H and O–H groups in total. The molecule has 50 valence electrons. The van der Waals surface area contributed by atoms with Crippen molar-refractivity contribution in [1.29, 1.82) is 0 Å². The van der Waals surface area contributed by atoms with Crippen molar-refractivity contribution in [3.8, 4) is 0 Å². The van der Waals surface area contributed by atoms with Gasteiger partial charge in [-0.25, -0.2) is 4.79 Å². The Hall–Kier alpha value is -0.830. The molecule has 0 radical (unpaired) electrons. The van der Waals surface area contributed by atoms with Gasteiger partial charge in [0.15, 0.2) is 0 Å². The Morgan fingerprint density at radius 1 is 1.78 bits per heavy atom. The van der Waals surface area contributed by atoms with Gasteiger partial charge < -0.3 is 4.74 Å². The van der Waals surface area contributed by atoms with Crippen LogP contribution in [-0.2, 0) is 14.3 Å². The van der Waals surface area contributed by atoms with Crippen LogP contribution in [0.5, 0.6) is 0 Å². The van der Waals surface area contributed by atoms with E-state index >= 15 is 0 Å². The van der Waals surface area contributed by atoms with Crippen LogP contribution >= 0.6 is 11.6 Å². The smallest absolute Gasteiger partial charge is 0.371 e. The minimum absolute atomic E-state index is 0.0693. The number of hydrogen-bond donors (Lipinski definition) is 0. The fourth-order valence-electron chi connectivity index (χ4n) is 0.183.